The van der Waals surface area contributed by atoms with Crippen molar-refractivity contribution in [1.82, 2.24) is 0 Å². The van der Waals surface area contributed by atoms with Crippen LogP contribution in [0.4, 0.5) is 14.5 Å². The standard InChI is InChI=1S/C14H9ClF2N2O/c15-10-3-8(6-18)1-2-9(10)7-20-14-5-11(16)13(19)4-12(14)17/h1-5H,7,19H2. The number of nitrogen functional groups attached to an aromatic ring is 1. The quantitative estimate of drug-likeness (QED) is 0.879. The van der Waals surface area contributed by atoms with Crippen LogP contribution in [-0.4, -0.2) is 0 Å². The fourth-order valence-electron chi connectivity index (χ4n) is 1.54. The Morgan fingerprint density at radius 1 is 1.20 bits per heavy atom. The van der Waals surface area contributed by atoms with Gasteiger partial charge < -0.3 is 10.5 Å². The summed E-state index contributed by atoms with van der Waals surface area (Å²) >= 11 is 5.95. The first kappa shape index (κ1) is 14.1. The van der Waals surface area contributed by atoms with Gasteiger partial charge in [-0.3, -0.25) is 0 Å². The summed E-state index contributed by atoms with van der Waals surface area (Å²) in [6.07, 6.45) is 0. The largest absolute Gasteiger partial charge is 0.486 e. The third-order valence-electron chi connectivity index (χ3n) is 2.62. The number of ether oxygens (including phenoxy) is 1. The number of nitriles is 1. The zero-order chi connectivity index (χ0) is 14.7. The molecule has 0 saturated heterocycles. The van der Waals surface area contributed by atoms with Gasteiger partial charge in [-0.2, -0.15) is 5.26 Å². The molecule has 20 heavy (non-hydrogen) atoms. The maximum atomic E-state index is 13.5. The van der Waals surface area contributed by atoms with Crippen molar-refractivity contribution >= 4 is 17.3 Å². The Bertz CT molecular complexity index is 698. The average Bonchev–Trinajstić information content (AvgIpc) is 2.42. The molecule has 102 valence electrons. The highest BCUT2D eigenvalue weighted by molar-refractivity contribution is 6.31. The van der Waals surface area contributed by atoms with Gasteiger partial charge in [-0.1, -0.05) is 17.7 Å². The minimum Gasteiger partial charge on any atom is -0.486 e. The SMILES string of the molecule is N#Cc1ccc(COc2cc(F)c(N)cc2F)c(Cl)c1. The Morgan fingerprint density at radius 2 is 1.95 bits per heavy atom. The molecule has 0 spiro atoms. The lowest BCUT2D eigenvalue weighted by molar-refractivity contribution is 0.288. The molecule has 2 N–H and O–H groups in total. The average molecular weight is 295 g/mol. The van der Waals surface area contributed by atoms with Crippen molar-refractivity contribution in [3.63, 3.8) is 0 Å². The van der Waals surface area contributed by atoms with E-state index in [0.29, 0.717) is 16.1 Å². The number of rotatable bonds is 3. The summed E-state index contributed by atoms with van der Waals surface area (Å²) < 4.78 is 31.9. The molecule has 0 unspecified atom stereocenters. The highest BCUT2D eigenvalue weighted by Gasteiger charge is 2.10. The molecule has 0 radical (unpaired) electrons. The van der Waals surface area contributed by atoms with Crippen LogP contribution in [0.5, 0.6) is 5.75 Å². The second-order valence-corrected chi connectivity index (χ2v) is 4.42. The molecule has 0 aliphatic rings. The first-order valence-electron chi connectivity index (χ1n) is 5.57. The van der Waals surface area contributed by atoms with E-state index in [9.17, 15) is 8.78 Å². The van der Waals surface area contributed by atoms with Gasteiger partial charge in [0.2, 0.25) is 0 Å². The fraction of sp³-hybridized carbons (Fsp3) is 0.0714. The molecular weight excluding hydrogens is 286 g/mol. The van der Waals surface area contributed by atoms with E-state index in [-0.39, 0.29) is 18.0 Å². The molecule has 6 heteroatoms. The minimum absolute atomic E-state index is 0.0508. The highest BCUT2D eigenvalue weighted by atomic mass is 35.5. The van der Waals surface area contributed by atoms with Gasteiger partial charge in [0.1, 0.15) is 12.4 Å². The summed E-state index contributed by atoms with van der Waals surface area (Å²) in [5.41, 5.74) is 5.91. The lowest BCUT2D eigenvalue weighted by atomic mass is 10.1. The van der Waals surface area contributed by atoms with Crippen LogP contribution in [0, 0.1) is 23.0 Å². The third-order valence-corrected chi connectivity index (χ3v) is 2.97. The number of hydrogen-bond acceptors (Lipinski definition) is 3. The maximum Gasteiger partial charge on any atom is 0.167 e. The van der Waals surface area contributed by atoms with Crippen LogP contribution in [0.2, 0.25) is 5.02 Å². The molecule has 2 aromatic carbocycles. The van der Waals surface area contributed by atoms with E-state index in [4.69, 9.17) is 27.3 Å². The van der Waals surface area contributed by atoms with Crippen molar-refractivity contribution in [3.8, 4) is 11.8 Å². The van der Waals surface area contributed by atoms with Crippen LogP contribution < -0.4 is 10.5 Å². The molecule has 2 rings (SSSR count). The molecule has 0 heterocycles. The molecule has 3 nitrogen and oxygen atoms in total. The van der Waals surface area contributed by atoms with Gasteiger partial charge in [0.15, 0.2) is 11.6 Å². The third kappa shape index (κ3) is 2.98. The van der Waals surface area contributed by atoms with Crippen molar-refractivity contribution < 1.29 is 13.5 Å². The summed E-state index contributed by atoms with van der Waals surface area (Å²) in [6, 6.07) is 8.29. The summed E-state index contributed by atoms with van der Waals surface area (Å²) in [5, 5.41) is 9.03. The Labute approximate surface area is 119 Å². The van der Waals surface area contributed by atoms with E-state index >= 15 is 0 Å². The van der Waals surface area contributed by atoms with Crippen LogP contribution in [0.1, 0.15) is 11.1 Å². The number of nitrogens with two attached hydrogens (primary N) is 1. The molecular formula is C14H9ClF2N2O. The predicted octanol–water partition coefficient (Wildman–Crippen LogP) is 3.65. The Balaban J connectivity index is 2.17. The smallest absolute Gasteiger partial charge is 0.167 e. The van der Waals surface area contributed by atoms with Crippen molar-refractivity contribution in [2.24, 2.45) is 0 Å². The topological polar surface area (TPSA) is 59.0 Å². The Morgan fingerprint density at radius 3 is 2.60 bits per heavy atom. The monoisotopic (exact) mass is 294 g/mol. The second kappa shape index (κ2) is 5.76. The van der Waals surface area contributed by atoms with Crippen LogP contribution in [0.25, 0.3) is 0 Å². The number of hydrogen-bond donors (Lipinski definition) is 1. The van der Waals surface area contributed by atoms with Gasteiger partial charge in [-0.05, 0) is 12.1 Å². The zero-order valence-corrected chi connectivity index (χ0v) is 10.9. The highest BCUT2D eigenvalue weighted by Crippen LogP contribution is 2.25. The molecule has 0 fully saturated rings. The second-order valence-electron chi connectivity index (χ2n) is 4.01. The summed E-state index contributed by atoms with van der Waals surface area (Å²) in [5.74, 6) is -1.77. The van der Waals surface area contributed by atoms with Crippen LogP contribution in [0.15, 0.2) is 30.3 Å². The van der Waals surface area contributed by atoms with E-state index in [1.165, 1.54) is 6.07 Å². The van der Waals surface area contributed by atoms with Crippen LogP contribution in [-0.2, 0) is 6.61 Å². The predicted molar refractivity (Wildman–Crippen MR) is 71.3 cm³/mol. The van der Waals surface area contributed by atoms with E-state index < -0.39 is 11.6 Å². The summed E-state index contributed by atoms with van der Waals surface area (Å²) in [6.45, 7) is -0.0508. The number of nitrogens with zero attached hydrogens (tertiary/aromatic N) is 1. The van der Waals surface area contributed by atoms with Gasteiger partial charge in [-0.15, -0.1) is 0 Å². The van der Waals surface area contributed by atoms with E-state index in [0.717, 1.165) is 12.1 Å². The molecule has 0 atom stereocenters. The van der Waals surface area contributed by atoms with Crippen molar-refractivity contribution in [3.05, 3.63) is 58.1 Å². The summed E-state index contributed by atoms with van der Waals surface area (Å²) in [4.78, 5) is 0. The van der Waals surface area contributed by atoms with Crippen LogP contribution in [0.3, 0.4) is 0 Å². The number of benzene rings is 2. The normalized spacial score (nSPS) is 10.1. The zero-order valence-electron chi connectivity index (χ0n) is 10.2. The molecule has 0 aliphatic carbocycles. The number of halogens is 3. The Kier molecular flexibility index (Phi) is 4.06. The fourth-order valence-corrected chi connectivity index (χ4v) is 1.78. The van der Waals surface area contributed by atoms with Crippen molar-refractivity contribution in [2.45, 2.75) is 6.61 Å². The van der Waals surface area contributed by atoms with Gasteiger partial charge >= 0.3 is 0 Å². The lowest BCUT2D eigenvalue weighted by Gasteiger charge is -2.09. The van der Waals surface area contributed by atoms with Crippen molar-refractivity contribution in [2.75, 3.05) is 5.73 Å². The van der Waals surface area contributed by atoms with Gasteiger partial charge in [-0.25, -0.2) is 8.78 Å². The summed E-state index contributed by atoms with van der Waals surface area (Å²) in [7, 11) is 0. The lowest BCUT2D eigenvalue weighted by Crippen LogP contribution is -2.01. The van der Waals surface area contributed by atoms with Crippen LogP contribution >= 0.6 is 11.6 Å². The molecule has 0 saturated carbocycles. The van der Waals surface area contributed by atoms with Gasteiger partial charge in [0.25, 0.3) is 0 Å². The number of anilines is 1. The first-order chi connectivity index (χ1) is 9.51. The first-order valence-corrected chi connectivity index (χ1v) is 5.95. The molecule has 2 aromatic rings. The maximum absolute atomic E-state index is 13.5. The van der Waals surface area contributed by atoms with Gasteiger partial charge in [0.05, 0.1) is 17.3 Å². The molecule has 0 aliphatic heterocycles. The van der Waals surface area contributed by atoms with E-state index in [1.807, 2.05) is 6.07 Å². The molecule has 0 bridgehead atoms. The Hall–Kier alpha value is -2.32. The van der Waals surface area contributed by atoms with E-state index in [2.05, 4.69) is 0 Å². The van der Waals surface area contributed by atoms with E-state index in [1.54, 1.807) is 12.1 Å². The van der Waals surface area contributed by atoms with Gasteiger partial charge in [0, 0.05) is 22.7 Å². The minimum atomic E-state index is -0.757. The molecule has 0 amide bonds. The van der Waals surface area contributed by atoms with Crippen molar-refractivity contribution in [1.29, 1.82) is 5.26 Å². The molecule has 0 aromatic heterocycles.